The first kappa shape index (κ1) is 20.1. The topological polar surface area (TPSA) is 42.4 Å². The fraction of sp³-hybridized carbons (Fsp3) is 0.200. The number of anilines is 1. The SMILES string of the molecule is CCOc1ccc(C(=O)N(Cc2ccccc2)c2nc3cc(C)cc(C)c3s2)cc1. The number of nitrogens with zero attached hydrogens (tertiary/aromatic N) is 2. The lowest BCUT2D eigenvalue weighted by molar-refractivity contribution is 0.0985. The average molecular weight is 417 g/mol. The van der Waals surface area contributed by atoms with Crippen molar-refractivity contribution in [3.8, 4) is 5.75 Å². The highest BCUT2D eigenvalue weighted by atomic mass is 32.1. The number of aromatic nitrogens is 1. The second-order valence-corrected chi connectivity index (χ2v) is 8.24. The van der Waals surface area contributed by atoms with Gasteiger partial charge in [0.15, 0.2) is 5.13 Å². The molecule has 1 amide bonds. The number of hydrogen-bond donors (Lipinski definition) is 0. The lowest BCUT2D eigenvalue weighted by Crippen LogP contribution is -2.30. The molecule has 5 heteroatoms. The Morgan fingerprint density at radius 3 is 2.47 bits per heavy atom. The Morgan fingerprint density at radius 1 is 1.03 bits per heavy atom. The van der Waals surface area contributed by atoms with Crippen molar-refractivity contribution in [2.24, 2.45) is 0 Å². The molecule has 1 heterocycles. The van der Waals surface area contributed by atoms with E-state index < -0.39 is 0 Å². The maximum absolute atomic E-state index is 13.5. The number of ether oxygens (including phenoxy) is 1. The highest BCUT2D eigenvalue weighted by Gasteiger charge is 2.22. The Kier molecular flexibility index (Phi) is 5.81. The van der Waals surface area contributed by atoms with Crippen LogP contribution in [0.3, 0.4) is 0 Å². The van der Waals surface area contributed by atoms with Crippen molar-refractivity contribution in [2.45, 2.75) is 27.3 Å². The Morgan fingerprint density at radius 2 is 1.77 bits per heavy atom. The lowest BCUT2D eigenvalue weighted by Gasteiger charge is -2.20. The van der Waals surface area contributed by atoms with Gasteiger partial charge in [-0.15, -0.1) is 0 Å². The summed E-state index contributed by atoms with van der Waals surface area (Å²) in [5.41, 5.74) is 4.96. The normalized spacial score (nSPS) is 10.9. The second kappa shape index (κ2) is 8.67. The van der Waals surface area contributed by atoms with E-state index in [1.54, 1.807) is 16.2 Å². The van der Waals surface area contributed by atoms with Crippen LogP contribution in [0.1, 0.15) is 34.0 Å². The third kappa shape index (κ3) is 4.21. The van der Waals surface area contributed by atoms with Gasteiger partial charge in [0, 0.05) is 5.56 Å². The number of carbonyl (C=O) groups excluding carboxylic acids is 1. The monoisotopic (exact) mass is 416 g/mol. The first-order chi connectivity index (χ1) is 14.5. The molecule has 0 bridgehead atoms. The fourth-order valence-corrected chi connectivity index (χ4v) is 4.50. The molecule has 3 aromatic carbocycles. The zero-order chi connectivity index (χ0) is 21.1. The summed E-state index contributed by atoms with van der Waals surface area (Å²) in [4.78, 5) is 20.1. The largest absolute Gasteiger partial charge is 0.494 e. The maximum Gasteiger partial charge on any atom is 0.260 e. The van der Waals surface area contributed by atoms with Gasteiger partial charge in [-0.3, -0.25) is 9.69 Å². The lowest BCUT2D eigenvalue weighted by atomic mass is 10.1. The number of hydrogen-bond acceptors (Lipinski definition) is 4. The van der Waals surface area contributed by atoms with E-state index in [-0.39, 0.29) is 5.91 Å². The molecule has 4 aromatic rings. The van der Waals surface area contributed by atoms with Gasteiger partial charge in [-0.1, -0.05) is 47.7 Å². The van der Waals surface area contributed by atoms with Crippen LogP contribution in [0.4, 0.5) is 5.13 Å². The Hall–Kier alpha value is -3.18. The highest BCUT2D eigenvalue weighted by Crippen LogP contribution is 2.33. The summed E-state index contributed by atoms with van der Waals surface area (Å²) in [6.07, 6.45) is 0. The van der Waals surface area contributed by atoms with Crippen LogP contribution in [0.15, 0.2) is 66.7 Å². The van der Waals surface area contributed by atoms with Crippen LogP contribution in [-0.4, -0.2) is 17.5 Å². The third-order valence-corrected chi connectivity index (χ3v) is 6.11. The van der Waals surface area contributed by atoms with E-state index in [1.807, 2.05) is 61.5 Å². The summed E-state index contributed by atoms with van der Waals surface area (Å²) >= 11 is 1.56. The molecule has 0 saturated heterocycles. The van der Waals surface area contributed by atoms with Crippen molar-refractivity contribution in [1.29, 1.82) is 0 Å². The quantitative estimate of drug-likeness (QED) is 0.378. The van der Waals surface area contributed by atoms with Crippen LogP contribution in [0.2, 0.25) is 0 Å². The molecule has 30 heavy (non-hydrogen) atoms. The summed E-state index contributed by atoms with van der Waals surface area (Å²) in [6.45, 7) is 7.16. The van der Waals surface area contributed by atoms with Gasteiger partial charge in [0.25, 0.3) is 5.91 Å². The zero-order valence-electron chi connectivity index (χ0n) is 17.4. The standard InChI is InChI=1S/C25H24N2O2S/c1-4-29-21-12-10-20(11-13-21)24(28)27(16-19-8-6-5-7-9-19)25-26-22-15-17(2)14-18(3)23(22)30-25/h5-15H,4,16H2,1-3H3. The molecular weight excluding hydrogens is 392 g/mol. The van der Waals surface area contributed by atoms with Crippen LogP contribution in [-0.2, 0) is 6.54 Å². The average Bonchev–Trinajstić information content (AvgIpc) is 3.17. The molecule has 0 aliphatic rings. The number of amides is 1. The number of rotatable bonds is 6. The van der Waals surface area contributed by atoms with Crippen LogP contribution >= 0.6 is 11.3 Å². The molecule has 0 atom stereocenters. The van der Waals surface area contributed by atoms with E-state index >= 15 is 0 Å². The minimum absolute atomic E-state index is 0.0738. The van der Waals surface area contributed by atoms with Crippen molar-refractivity contribution in [3.63, 3.8) is 0 Å². The van der Waals surface area contributed by atoms with E-state index in [0.717, 1.165) is 21.5 Å². The number of carbonyl (C=O) groups is 1. The molecular formula is C25H24N2O2S. The van der Waals surface area contributed by atoms with Crippen LogP contribution in [0.25, 0.3) is 10.2 Å². The number of thiazole rings is 1. The molecule has 0 saturated carbocycles. The van der Waals surface area contributed by atoms with Crippen LogP contribution < -0.4 is 9.64 Å². The highest BCUT2D eigenvalue weighted by molar-refractivity contribution is 7.22. The van der Waals surface area contributed by atoms with Gasteiger partial charge in [0.1, 0.15) is 5.75 Å². The van der Waals surface area contributed by atoms with E-state index in [1.165, 1.54) is 11.1 Å². The van der Waals surface area contributed by atoms with Gasteiger partial charge in [-0.05, 0) is 67.8 Å². The van der Waals surface area contributed by atoms with Gasteiger partial charge < -0.3 is 4.74 Å². The molecule has 4 nitrogen and oxygen atoms in total. The summed E-state index contributed by atoms with van der Waals surface area (Å²) in [6, 6.07) is 21.5. The van der Waals surface area contributed by atoms with Gasteiger partial charge >= 0.3 is 0 Å². The molecule has 4 rings (SSSR count). The molecule has 0 radical (unpaired) electrons. The van der Waals surface area contributed by atoms with Gasteiger partial charge in [-0.2, -0.15) is 0 Å². The van der Waals surface area contributed by atoms with Gasteiger partial charge in [-0.25, -0.2) is 4.98 Å². The summed E-state index contributed by atoms with van der Waals surface area (Å²) < 4.78 is 6.63. The van der Waals surface area contributed by atoms with Crippen molar-refractivity contribution in [3.05, 3.63) is 89.0 Å². The summed E-state index contributed by atoms with van der Waals surface area (Å²) in [5.74, 6) is 0.685. The predicted octanol–water partition coefficient (Wildman–Crippen LogP) is 6.16. The molecule has 152 valence electrons. The molecule has 0 aliphatic heterocycles. The first-order valence-electron chi connectivity index (χ1n) is 10.0. The fourth-order valence-electron chi connectivity index (χ4n) is 3.49. The first-order valence-corrected chi connectivity index (χ1v) is 10.8. The van der Waals surface area contributed by atoms with E-state index in [4.69, 9.17) is 9.72 Å². The predicted molar refractivity (Wildman–Crippen MR) is 124 cm³/mol. The van der Waals surface area contributed by atoms with Crippen molar-refractivity contribution in [2.75, 3.05) is 11.5 Å². The zero-order valence-corrected chi connectivity index (χ0v) is 18.2. The molecule has 0 aliphatic carbocycles. The summed E-state index contributed by atoms with van der Waals surface area (Å²) in [7, 11) is 0. The molecule has 0 spiro atoms. The second-order valence-electron chi connectivity index (χ2n) is 7.26. The van der Waals surface area contributed by atoms with Gasteiger partial charge in [0.2, 0.25) is 0 Å². The smallest absolute Gasteiger partial charge is 0.260 e. The van der Waals surface area contributed by atoms with E-state index in [9.17, 15) is 4.79 Å². The molecule has 0 fully saturated rings. The Labute approximate surface area is 180 Å². The van der Waals surface area contributed by atoms with Crippen LogP contribution in [0.5, 0.6) is 5.75 Å². The van der Waals surface area contributed by atoms with E-state index in [2.05, 4.69) is 26.0 Å². The van der Waals surface area contributed by atoms with Crippen molar-refractivity contribution >= 4 is 32.6 Å². The Bertz CT molecular complexity index is 1170. The molecule has 0 unspecified atom stereocenters. The van der Waals surface area contributed by atoms with Crippen molar-refractivity contribution < 1.29 is 9.53 Å². The van der Waals surface area contributed by atoms with Gasteiger partial charge in [0.05, 0.1) is 23.4 Å². The number of aryl methyl sites for hydroxylation is 2. The number of fused-ring (bicyclic) bond motifs is 1. The third-order valence-electron chi connectivity index (χ3n) is 4.88. The van der Waals surface area contributed by atoms with Crippen molar-refractivity contribution in [1.82, 2.24) is 4.98 Å². The summed E-state index contributed by atoms with van der Waals surface area (Å²) in [5, 5.41) is 0.710. The van der Waals surface area contributed by atoms with E-state index in [0.29, 0.717) is 23.8 Å². The maximum atomic E-state index is 13.5. The Balaban J connectivity index is 1.74. The molecule has 0 N–H and O–H groups in total. The number of benzene rings is 3. The van der Waals surface area contributed by atoms with Crippen LogP contribution in [0, 0.1) is 13.8 Å². The minimum Gasteiger partial charge on any atom is -0.494 e. The molecule has 1 aromatic heterocycles. The minimum atomic E-state index is -0.0738.